The molecule has 0 aliphatic rings. The number of hydrogen-bond donors (Lipinski definition) is 0. The van der Waals surface area contributed by atoms with Gasteiger partial charge in [0.25, 0.3) is 5.91 Å². The fourth-order valence-corrected chi connectivity index (χ4v) is 4.46. The van der Waals surface area contributed by atoms with Crippen LogP contribution in [0.2, 0.25) is 5.02 Å². The first-order valence-electron chi connectivity index (χ1n) is 9.61. The summed E-state index contributed by atoms with van der Waals surface area (Å²) in [7, 11) is 0. The molecule has 0 bridgehead atoms. The summed E-state index contributed by atoms with van der Waals surface area (Å²) in [6.07, 6.45) is 6.18. The number of anilines is 1. The Kier molecular flexibility index (Phi) is 6.30. The largest absolute Gasteiger partial charge is 0.484 e. The smallest absolute Gasteiger partial charge is 0.266 e. The number of thiazole rings is 1. The lowest BCUT2D eigenvalue weighted by Gasteiger charge is -2.20. The normalized spacial score (nSPS) is 11.0. The highest BCUT2D eigenvalue weighted by Crippen LogP contribution is 2.35. The number of nitrogens with zero attached hydrogens (tertiary/aromatic N) is 4. The summed E-state index contributed by atoms with van der Waals surface area (Å²) in [5, 5.41) is 1.28. The van der Waals surface area contributed by atoms with Crippen LogP contribution in [-0.4, -0.2) is 33.6 Å². The van der Waals surface area contributed by atoms with Crippen LogP contribution in [0.15, 0.2) is 61.2 Å². The van der Waals surface area contributed by atoms with E-state index in [1.807, 2.05) is 60.2 Å². The van der Waals surface area contributed by atoms with Crippen molar-refractivity contribution in [1.29, 1.82) is 0 Å². The van der Waals surface area contributed by atoms with Crippen LogP contribution in [-0.2, 0) is 11.3 Å². The summed E-state index contributed by atoms with van der Waals surface area (Å²) in [5.74, 6) is 0.518. The van der Waals surface area contributed by atoms with Gasteiger partial charge in [0, 0.05) is 25.5 Å². The SMILES string of the molecule is Cc1ccc(Cl)c2sc(N(CCCn3ccnc3)C(=O)COc3ccccc3)nc12. The van der Waals surface area contributed by atoms with Crippen molar-refractivity contribution in [3.05, 3.63) is 71.8 Å². The molecule has 4 rings (SSSR count). The summed E-state index contributed by atoms with van der Waals surface area (Å²) < 4.78 is 8.57. The molecule has 8 heteroatoms. The molecule has 0 N–H and O–H groups in total. The number of imidazole rings is 1. The molecule has 0 saturated heterocycles. The Hall–Kier alpha value is -2.90. The van der Waals surface area contributed by atoms with Crippen LogP contribution in [0, 0.1) is 6.92 Å². The summed E-state index contributed by atoms with van der Waals surface area (Å²) >= 11 is 7.80. The number of aromatic nitrogens is 3. The van der Waals surface area contributed by atoms with Crippen molar-refractivity contribution in [2.24, 2.45) is 0 Å². The molecular formula is C22H21ClN4O2S. The van der Waals surface area contributed by atoms with E-state index in [0.29, 0.717) is 22.4 Å². The molecule has 0 spiro atoms. The molecule has 2 aromatic heterocycles. The molecular weight excluding hydrogens is 420 g/mol. The zero-order chi connectivity index (χ0) is 20.9. The standard InChI is InChI=1S/C22H21ClN4O2S/c1-16-8-9-18(23)21-20(16)25-22(30-21)27(12-5-11-26-13-10-24-15-26)19(28)14-29-17-6-3-2-4-7-17/h2-4,6-10,13,15H,5,11-12,14H2,1H3. The highest BCUT2D eigenvalue weighted by atomic mass is 35.5. The van der Waals surface area contributed by atoms with Gasteiger partial charge in [-0.05, 0) is 37.1 Å². The highest BCUT2D eigenvalue weighted by Gasteiger charge is 2.21. The van der Waals surface area contributed by atoms with Crippen molar-refractivity contribution >= 4 is 44.2 Å². The van der Waals surface area contributed by atoms with Crippen molar-refractivity contribution < 1.29 is 9.53 Å². The number of carbonyl (C=O) groups excluding carboxylic acids is 1. The van der Waals surface area contributed by atoms with Crippen molar-refractivity contribution in [2.75, 3.05) is 18.1 Å². The monoisotopic (exact) mass is 440 g/mol. The van der Waals surface area contributed by atoms with Gasteiger partial charge in [-0.15, -0.1) is 0 Å². The molecule has 154 valence electrons. The lowest BCUT2D eigenvalue weighted by molar-refractivity contribution is -0.120. The second-order valence-corrected chi connectivity index (χ2v) is 8.22. The molecule has 2 aromatic carbocycles. The van der Waals surface area contributed by atoms with E-state index < -0.39 is 0 Å². The van der Waals surface area contributed by atoms with E-state index in [1.165, 1.54) is 11.3 Å². The van der Waals surface area contributed by atoms with Crippen molar-refractivity contribution in [3.8, 4) is 5.75 Å². The van der Waals surface area contributed by atoms with E-state index in [2.05, 4.69) is 4.98 Å². The Balaban J connectivity index is 1.55. The Morgan fingerprint density at radius 3 is 2.80 bits per heavy atom. The van der Waals surface area contributed by atoms with Gasteiger partial charge in [0.15, 0.2) is 11.7 Å². The lowest BCUT2D eigenvalue weighted by Crippen LogP contribution is -2.36. The fourth-order valence-electron chi connectivity index (χ4n) is 3.10. The summed E-state index contributed by atoms with van der Waals surface area (Å²) in [6, 6.07) is 13.1. The molecule has 6 nitrogen and oxygen atoms in total. The Morgan fingerprint density at radius 1 is 1.23 bits per heavy atom. The summed E-state index contributed by atoms with van der Waals surface area (Å²) in [4.78, 5) is 23.6. The van der Waals surface area contributed by atoms with Crippen molar-refractivity contribution in [2.45, 2.75) is 19.9 Å². The van der Waals surface area contributed by atoms with Gasteiger partial charge < -0.3 is 9.30 Å². The number of carbonyl (C=O) groups is 1. The minimum Gasteiger partial charge on any atom is -0.484 e. The molecule has 0 saturated carbocycles. The molecule has 0 aliphatic carbocycles. The number of hydrogen-bond acceptors (Lipinski definition) is 5. The van der Waals surface area contributed by atoms with Crippen LogP contribution in [0.5, 0.6) is 5.75 Å². The zero-order valence-corrected chi connectivity index (χ0v) is 18.1. The number of amides is 1. The van der Waals surface area contributed by atoms with Gasteiger partial charge in [0.1, 0.15) is 5.75 Å². The Morgan fingerprint density at radius 2 is 2.07 bits per heavy atom. The van der Waals surface area contributed by atoms with Crippen LogP contribution < -0.4 is 9.64 Å². The lowest BCUT2D eigenvalue weighted by atomic mass is 10.2. The van der Waals surface area contributed by atoms with Gasteiger partial charge in [-0.3, -0.25) is 9.69 Å². The maximum Gasteiger partial charge on any atom is 0.266 e. The average molecular weight is 441 g/mol. The molecule has 0 radical (unpaired) electrons. The van der Waals surface area contributed by atoms with Gasteiger partial charge in [0.05, 0.1) is 21.6 Å². The molecule has 2 heterocycles. The fraction of sp³-hybridized carbons (Fsp3) is 0.227. The predicted octanol–water partition coefficient (Wildman–Crippen LogP) is 4.96. The Labute approximate surface area is 183 Å². The molecule has 0 atom stereocenters. The topological polar surface area (TPSA) is 60.2 Å². The molecule has 0 unspecified atom stereocenters. The minimum atomic E-state index is -0.141. The minimum absolute atomic E-state index is 0.0578. The summed E-state index contributed by atoms with van der Waals surface area (Å²) in [5.41, 5.74) is 1.86. The number of aryl methyl sites for hydroxylation is 2. The quantitative estimate of drug-likeness (QED) is 0.388. The molecule has 30 heavy (non-hydrogen) atoms. The first-order chi connectivity index (χ1) is 14.6. The number of fused-ring (bicyclic) bond motifs is 1. The number of para-hydroxylation sites is 1. The van der Waals surface area contributed by atoms with E-state index in [9.17, 15) is 4.79 Å². The van der Waals surface area contributed by atoms with Crippen LogP contribution >= 0.6 is 22.9 Å². The second-order valence-electron chi connectivity index (χ2n) is 6.84. The van der Waals surface area contributed by atoms with Crippen LogP contribution in [0.4, 0.5) is 5.13 Å². The van der Waals surface area contributed by atoms with Crippen molar-refractivity contribution in [1.82, 2.24) is 14.5 Å². The molecule has 1 amide bonds. The second kappa shape index (κ2) is 9.28. The van der Waals surface area contributed by atoms with Crippen LogP contribution in [0.1, 0.15) is 12.0 Å². The molecule has 0 fully saturated rings. The van der Waals surface area contributed by atoms with E-state index in [1.54, 1.807) is 17.4 Å². The van der Waals surface area contributed by atoms with Gasteiger partial charge >= 0.3 is 0 Å². The highest BCUT2D eigenvalue weighted by molar-refractivity contribution is 7.23. The first-order valence-corrected chi connectivity index (χ1v) is 10.8. The maximum absolute atomic E-state index is 13.1. The maximum atomic E-state index is 13.1. The predicted molar refractivity (Wildman–Crippen MR) is 121 cm³/mol. The van der Waals surface area contributed by atoms with Gasteiger partial charge in [0.2, 0.25) is 0 Å². The number of halogens is 1. The van der Waals surface area contributed by atoms with E-state index in [-0.39, 0.29) is 12.5 Å². The van der Waals surface area contributed by atoms with Gasteiger partial charge in [-0.2, -0.15) is 0 Å². The number of ether oxygens (including phenoxy) is 1. The van der Waals surface area contributed by atoms with Gasteiger partial charge in [-0.25, -0.2) is 9.97 Å². The first kappa shape index (κ1) is 20.4. The molecule has 4 aromatic rings. The third kappa shape index (κ3) is 4.63. The third-order valence-corrected chi connectivity index (χ3v) is 6.22. The Bertz CT molecular complexity index is 1090. The number of benzene rings is 2. The van der Waals surface area contributed by atoms with Crippen LogP contribution in [0.3, 0.4) is 0 Å². The van der Waals surface area contributed by atoms with Crippen molar-refractivity contribution in [3.63, 3.8) is 0 Å². The third-order valence-electron chi connectivity index (χ3n) is 4.68. The van der Waals surface area contributed by atoms with Crippen LogP contribution in [0.25, 0.3) is 10.2 Å². The average Bonchev–Trinajstić information content (AvgIpc) is 3.44. The number of rotatable bonds is 8. The van der Waals surface area contributed by atoms with E-state index in [4.69, 9.17) is 21.3 Å². The van der Waals surface area contributed by atoms with E-state index >= 15 is 0 Å². The summed E-state index contributed by atoms with van der Waals surface area (Å²) in [6.45, 7) is 3.21. The van der Waals surface area contributed by atoms with E-state index in [0.717, 1.165) is 28.7 Å². The molecule has 0 aliphatic heterocycles. The zero-order valence-electron chi connectivity index (χ0n) is 16.5. The van der Waals surface area contributed by atoms with Gasteiger partial charge in [-0.1, -0.05) is 47.2 Å².